The minimum Gasteiger partial charge on any atom is -0.327 e. The van der Waals surface area contributed by atoms with Gasteiger partial charge < -0.3 is 5.73 Å². The van der Waals surface area contributed by atoms with Crippen molar-refractivity contribution in [2.45, 2.75) is 130 Å². The Bertz CT molecular complexity index is 461. The molecule has 6 heteroatoms. The average molecular weight is 422 g/mol. The van der Waals surface area contributed by atoms with Gasteiger partial charge in [-0.1, -0.05) is 97.8 Å². The lowest BCUT2D eigenvalue weighted by Crippen LogP contribution is -2.48. The SMILES string of the molecule is CCCCCCCCCCCC(N)C1(CC)CCCCC1CC.O=S(=O)(O)O. The van der Waals surface area contributed by atoms with Crippen molar-refractivity contribution in [3.05, 3.63) is 0 Å². The second-order valence-corrected chi connectivity index (χ2v) is 9.50. The summed E-state index contributed by atoms with van der Waals surface area (Å²) in [7, 11) is -4.67. The van der Waals surface area contributed by atoms with Gasteiger partial charge in [-0.15, -0.1) is 0 Å². The summed E-state index contributed by atoms with van der Waals surface area (Å²) < 4.78 is 31.6. The third-order valence-electron chi connectivity index (χ3n) is 6.77. The zero-order valence-corrected chi connectivity index (χ0v) is 19.5. The molecule has 0 amide bonds. The standard InChI is InChI=1S/C22H45N.H2O4S/c1-4-7-8-9-10-11-12-13-14-18-21(23)22(6-3)19-16-15-17-20(22)5-2;1-5(2,3)4/h20-21H,4-19,23H2,1-3H3;(H2,1,2,3,4). The van der Waals surface area contributed by atoms with E-state index in [4.69, 9.17) is 23.3 Å². The molecular weight excluding hydrogens is 374 g/mol. The van der Waals surface area contributed by atoms with Crippen LogP contribution in [0.1, 0.15) is 124 Å². The van der Waals surface area contributed by atoms with Crippen LogP contribution in [0.25, 0.3) is 0 Å². The van der Waals surface area contributed by atoms with E-state index in [2.05, 4.69) is 20.8 Å². The molecule has 0 heterocycles. The van der Waals surface area contributed by atoms with Gasteiger partial charge in [0.2, 0.25) is 0 Å². The van der Waals surface area contributed by atoms with Crippen molar-refractivity contribution in [3.63, 3.8) is 0 Å². The summed E-state index contributed by atoms with van der Waals surface area (Å²) in [6.45, 7) is 7.07. The Balaban J connectivity index is 0.00000129. The zero-order valence-electron chi connectivity index (χ0n) is 18.7. The molecular formula is C22H47NO4S. The second-order valence-electron chi connectivity index (χ2n) is 8.61. The molecule has 1 rings (SSSR count). The summed E-state index contributed by atoms with van der Waals surface area (Å²) in [5, 5.41) is 0. The van der Waals surface area contributed by atoms with Gasteiger partial charge in [0.25, 0.3) is 0 Å². The van der Waals surface area contributed by atoms with Crippen LogP contribution in [0.4, 0.5) is 0 Å². The van der Waals surface area contributed by atoms with E-state index in [0.717, 1.165) is 5.92 Å². The molecule has 28 heavy (non-hydrogen) atoms. The molecule has 0 aromatic rings. The van der Waals surface area contributed by atoms with Crippen molar-refractivity contribution < 1.29 is 17.5 Å². The van der Waals surface area contributed by atoms with Crippen LogP contribution in [0, 0.1) is 11.3 Å². The maximum atomic E-state index is 8.74. The molecule has 0 aliphatic heterocycles. The van der Waals surface area contributed by atoms with Crippen LogP contribution in [-0.2, 0) is 10.4 Å². The van der Waals surface area contributed by atoms with Crippen LogP contribution in [0.2, 0.25) is 0 Å². The van der Waals surface area contributed by atoms with E-state index in [-0.39, 0.29) is 0 Å². The van der Waals surface area contributed by atoms with Gasteiger partial charge in [0.05, 0.1) is 0 Å². The van der Waals surface area contributed by atoms with Crippen LogP contribution in [0.5, 0.6) is 0 Å². The fourth-order valence-corrected chi connectivity index (χ4v) is 5.13. The summed E-state index contributed by atoms with van der Waals surface area (Å²) in [4.78, 5) is 0. The molecule has 0 aromatic carbocycles. The van der Waals surface area contributed by atoms with Crippen molar-refractivity contribution in [1.82, 2.24) is 0 Å². The molecule has 3 unspecified atom stereocenters. The lowest BCUT2D eigenvalue weighted by molar-refractivity contribution is 0.0494. The van der Waals surface area contributed by atoms with E-state index in [1.165, 1.54) is 103 Å². The Morgan fingerprint density at radius 1 is 0.929 bits per heavy atom. The molecule has 0 radical (unpaired) electrons. The minimum atomic E-state index is -4.67. The molecule has 4 N–H and O–H groups in total. The summed E-state index contributed by atoms with van der Waals surface area (Å²) >= 11 is 0. The van der Waals surface area contributed by atoms with Gasteiger partial charge >= 0.3 is 10.4 Å². The largest absolute Gasteiger partial charge is 0.394 e. The molecule has 0 spiro atoms. The van der Waals surface area contributed by atoms with Gasteiger partial charge in [0, 0.05) is 6.04 Å². The Morgan fingerprint density at radius 2 is 1.43 bits per heavy atom. The lowest BCUT2D eigenvalue weighted by atomic mass is 9.59. The third kappa shape index (κ3) is 12.4. The first-order valence-corrected chi connectivity index (χ1v) is 13.1. The van der Waals surface area contributed by atoms with Gasteiger partial charge in [-0.25, -0.2) is 0 Å². The first-order valence-electron chi connectivity index (χ1n) is 11.7. The fourth-order valence-electron chi connectivity index (χ4n) is 5.13. The zero-order chi connectivity index (χ0) is 21.5. The smallest absolute Gasteiger partial charge is 0.327 e. The van der Waals surface area contributed by atoms with E-state index in [1.807, 2.05) is 0 Å². The molecule has 0 aromatic heterocycles. The predicted molar refractivity (Wildman–Crippen MR) is 119 cm³/mol. The van der Waals surface area contributed by atoms with E-state index in [0.29, 0.717) is 11.5 Å². The van der Waals surface area contributed by atoms with Gasteiger partial charge in [0.15, 0.2) is 0 Å². The predicted octanol–water partition coefficient (Wildman–Crippen LogP) is 6.58. The van der Waals surface area contributed by atoms with E-state index in [1.54, 1.807) is 0 Å². The molecule has 170 valence electrons. The summed E-state index contributed by atoms with van der Waals surface area (Å²) in [6.07, 6.45) is 22.3. The summed E-state index contributed by atoms with van der Waals surface area (Å²) in [6, 6.07) is 0.447. The van der Waals surface area contributed by atoms with Crippen LogP contribution in [0.3, 0.4) is 0 Å². The Labute approximate surface area is 174 Å². The molecule has 1 aliphatic rings. The van der Waals surface area contributed by atoms with Crippen LogP contribution < -0.4 is 5.73 Å². The highest BCUT2D eigenvalue weighted by Crippen LogP contribution is 2.48. The van der Waals surface area contributed by atoms with Crippen molar-refractivity contribution in [2.24, 2.45) is 17.1 Å². The Morgan fingerprint density at radius 3 is 1.89 bits per heavy atom. The summed E-state index contributed by atoms with van der Waals surface area (Å²) in [5.41, 5.74) is 7.22. The molecule has 0 saturated heterocycles. The second kappa shape index (κ2) is 15.6. The molecule has 5 nitrogen and oxygen atoms in total. The van der Waals surface area contributed by atoms with E-state index in [9.17, 15) is 0 Å². The van der Waals surface area contributed by atoms with Crippen LogP contribution in [-0.4, -0.2) is 23.6 Å². The molecule has 1 saturated carbocycles. The molecule has 1 fully saturated rings. The van der Waals surface area contributed by atoms with Gasteiger partial charge in [-0.2, -0.15) is 8.42 Å². The first-order chi connectivity index (χ1) is 13.2. The van der Waals surface area contributed by atoms with Gasteiger partial charge in [0.1, 0.15) is 0 Å². The van der Waals surface area contributed by atoms with Crippen molar-refractivity contribution in [3.8, 4) is 0 Å². The van der Waals surface area contributed by atoms with E-state index >= 15 is 0 Å². The molecule has 1 aliphatic carbocycles. The number of unbranched alkanes of at least 4 members (excludes halogenated alkanes) is 8. The minimum absolute atomic E-state index is 0.447. The van der Waals surface area contributed by atoms with Gasteiger partial charge in [-0.05, 0) is 37.0 Å². The van der Waals surface area contributed by atoms with Crippen molar-refractivity contribution in [2.75, 3.05) is 0 Å². The maximum Gasteiger partial charge on any atom is 0.394 e. The lowest BCUT2D eigenvalue weighted by Gasteiger charge is -2.48. The van der Waals surface area contributed by atoms with Crippen molar-refractivity contribution in [1.29, 1.82) is 0 Å². The number of nitrogens with two attached hydrogens (primary N) is 1. The fraction of sp³-hybridized carbons (Fsp3) is 1.00. The quantitative estimate of drug-likeness (QED) is 0.230. The highest BCUT2D eigenvalue weighted by molar-refractivity contribution is 7.79. The summed E-state index contributed by atoms with van der Waals surface area (Å²) in [5.74, 6) is 0.884. The number of hydrogen-bond acceptors (Lipinski definition) is 3. The highest BCUT2D eigenvalue weighted by atomic mass is 32.3. The maximum absolute atomic E-state index is 8.74. The van der Waals surface area contributed by atoms with Crippen molar-refractivity contribution >= 4 is 10.4 Å². The Kier molecular flexibility index (Phi) is 15.5. The Hall–Kier alpha value is -0.170. The number of rotatable bonds is 13. The highest BCUT2D eigenvalue weighted by Gasteiger charge is 2.42. The monoisotopic (exact) mass is 421 g/mol. The molecule has 3 atom stereocenters. The topological polar surface area (TPSA) is 101 Å². The average Bonchev–Trinajstić information content (AvgIpc) is 2.64. The van der Waals surface area contributed by atoms with E-state index < -0.39 is 10.4 Å². The third-order valence-corrected chi connectivity index (χ3v) is 6.77. The normalized spacial score (nSPS) is 23.7. The van der Waals surface area contributed by atoms with Crippen LogP contribution in [0.15, 0.2) is 0 Å². The first kappa shape index (κ1) is 27.8. The number of hydrogen-bond donors (Lipinski definition) is 3. The van der Waals surface area contributed by atoms with Crippen LogP contribution >= 0.6 is 0 Å². The van der Waals surface area contributed by atoms with Gasteiger partial charge in [-0.3, -0.25) is 9.11 Å². The molecule has 0 bridgehead atoms.